The quantitative estimate of drug-likeness (QED) is 0.747. The summed E-state index contributed by atoms with van der Waals surface area (Å²) in [5.41, 5.74) is 3.17. The van der Waals surface area contributed by atoms with Crippen molar-refractivity contribution in [3.05, 3.63) is 53.1 Å². The van der Waals surface area contributed by atoms with Gasteiger partial charge in [-0.05, 0) is 57.4 Å². The van der Waals surface area contributed by atoms with Crippen LogP contribution in [-0.2, 0) is 0 Å². The Morgan fingerprint density at radius 3 is 2.73 bits per heavy atom. The molecule has 1 fully saturated rings. The number of aryl methyl sites for hydroxylation is 1. The summed E-state index contributed by atoms with van der Waals surface area (Å²) >= 11 is 0. The van der Waals surface area contributed by atoms with E-state index in [4.69, 9.17) is 4.98 Å². The van der Waals surface area contributed by atoms with Crippen LogP contribution in [0, 0.1) is 12.7 Å². The summed E-state index contributed by atoms with van der Waals surface area (Å²) in [6.45, 7) is 5.76. The molecule has 26 heavy (non-hydrogen) atoms. The first-order valence-electron chi connectivity index (χ1n) is 8.89. The summed E-state index contributed by atoms with van der Waals surface area (Å²) in [4.78, 5) is 17.7. The second-order valence-electron chi connectivity index (χ2n) is 7.21. The van der Waals surface area contributed by atoms with Gasteiger partial charge in [0.1, 0.15) is 5.82 Å². The van der Waals surface area contributed by atoms with Crippen LogP contribution in [0.1, 0.15) is 60.3 Å². The molecule has 0 unspecified atom stereocenters. The van der Waals surface area contributed by atoms with E-state index in [2.05, 4.69) is 10.4 Å². The fourth-order valence-corrected chi connectivity index (χ4v) is 3.06. The Labute approximate surface area is 151 Å². The summed E-state index contributed by atoms with van der Waals surface area (Å²) in [5.74, 6) is -0.196. The average Bonchev–Trinajstić information content (AvgIpc) is 3.36. The zero-order chi connectivity index (χ0) is 18.4. The Balaban J connectivity index is 1.76. The van der Waals surface area contributed by atoms with Gasteiger partial charge in [-0.3, -0.25) is 4.79 Å². The van der Waals surface area contributed by atoms with Gasteiger partial charge in [-0.2, -0.15) is 5.10 Å². The minimum atomic E-state index is -0.339. The highest BCUT2D eigenvalue weighted by Gasteiger charge is 2.28. The Kier molecular flexibility index (Phi) is 3.98. The van der Waals surface area contributed by atoms with Gasteiger partial charge in [-0.25, -0.2) is 14.1 Å². The number of fused-ring (bicyclic) bond motifs is 1. The lowest BCUT2D eigenvalue weighted by Gasteiger charge is -2.11. The summed E-state index contributed by atoms with van der Waals surface area (Å²) in [5, 5.41) is 7.92. The smallest absolute Gasteiger partial charge is 0.256 e. The van der Waals surface area contributed by atoms with Crippen molar-refractivity contribution in [2.45, 2.75) is 45.6 Å². The third kappa shape index (κ3) is 2.96. The largest absolute Gasteiger partial charge is 0.322 e. The van der Waals surface area contributed by atoms with E-state index in [9.17, 15) is 9.18 Å². The number of halogens is 1. The van der Waals surface area contributed by atoms with Gasteiger partial charge in [-0.1, -0.05) is 6.07 Å². The van der Waals surface area contributed by atoms with Gasteiger partial charge in [0, 0.05) is 23.3 Å². The molecule has 6 heteroatoms. The molecule has 0 radical (unpaired) electrons. The maximum atomic E-state index is 13.8. The molecule has 0 saturated heterocycles. The number of amides is 1. The van der Waals surface area contributed by atoms with Crippen molar-refractivity contribution < 1.29 is 9.18 Å². The number of pyridine rings is 1. The summed E-state index contributed by atoms with van der Waals surface area (Å²) in [7, 11) is 0. The zero-order valence-electron chi connectivity index (χ0n) is 15.1. The molecule has 1 amide bonds. The molecule has 0 spiro atoms. The lowest BCUT2D eigenvalue weighted by Crippen LogP contribution is -2.14. The average molecular weight is 352 g/mol. The number of carbonyl (C=O) groups excluding carboxylic acids is 1. The van der Waals surface area contributed by atoms with Crippen molar-refractivity contribution >= 4 is 22.6 Å². The lowest BCUT2D eigenvalue weighted by atomic mass is 10.1. The number of hydrogen-bond donors (Lipinski definition) is 1. The van der Waals surface area contributed by atoms with E-state index < -0.39 is 0 Å². The molecule has 1 saturated carbocycles. The predicted molar refractivity (Wildman–Crippen MR) is 99.0 cm³/mol. The lowest BCUT2D eigenvalue weighted by molar-refractivity contribution is 0.102. The molecule has 2 heterocycles. The third-order valence-corrected chi connectivity index (χ3v) is 4.75. The number of nitrogens with zero attached hydrogens (tertiary/aromatic N) is 3. The minimum Gasteiger partial charge on any atom is -0.322 e. The van der Waals surface area contributed by atoms with Crippen LogP contribution in [0.5, 0.6) is 0 Å². The fraction of sp³-hybridized carbons (Fsp3) is 0.350. The molecule has 134 valence electrons. The van der Waals surface area contributed by atoms with Crippen LogP contribution in [0.25, 0.3) is 11.0 Å². The highest BCUT2D eigenvalue weighted by atomic mass is 19.1. The summed E-state index contributed by atoms with van der Waals surface area (Å²) in [6, 6.07) is 6.70. The molecule has 1 aliphatic carbocycles. The fourth-order valence-electron chi connectivity index (χ4n) is 3.06. The van der Waals surface area contributed by atoms with Crippen LogP contribution in [0.3, 0.4) is 0 Å². The van der Waals surface area contributed by atoms with Crippen molar-refractivity contribution in [2.75, 3.05) is 5.32 Å². The van der Waals surface area contributed by atoms with Crippen LogP contribution >= 0.6 is 0 Å². The first kappa shape index (κ1) is 16.7. The molecule has 1 aliphatic rings. The molecular weight excluding hydrogens is 331 g/mol. The standard InChI is InChI=1S/C20H21FN4O/c1-11(2)25-19-16(10-22-25)15(9-18(24-19)13-5-6-13)20(26)23-14-7-4-12(3)17(21)8-14/h4,7-11,13H,5-6H2,1-3H3,(H,23,26). The van der Waals surface area contributed by atoms with Crippen LogP contribution in [0.2, 0.25) is 0 Å². The minimum absolute atomic E-state index is 0.150. The first-order chi connectivity index (χ1) is 12.4. The molecule has 1 N–H and O–H groups in total. The number of carbonyl (C=O) groups is 1. The number of aromatic nitrogens is 3. The van der Waals surface area contributed by atoms with Gasteiger partial charge >= 0.3 is 0 Å². The number of rotatable bonds is 4. The van der Waals surface area contributed by atoms with Gasteiger partial charge in [0.15, 0.2) is 5.65 Å². The Hall–Kier alpha value is -2.76. The molecule has 3 aromatic rings. The van der Waals surface area contributed by atoms with Gasteiger partial charge < -0.3 is 5.32 Å². The van der Waals surface area contributed by atoms with Gasteiger partial charge in [0.05, 0.1) is 17.1 Å². The van der Waals surface area contributed by atoms with E-state index in [-0.39, 0.29) is 17.8 Å². The number of hydrogen-bond acceptors (Lipinski definition) is 3. The summed E-state index contributed by atoms with van der Waals surface area (Å²) < 4.78 is 15.6. The number of nitrogens with one attached hydrogen (secondary N) is 1. The molecule has 1 aromatic carbocycles. The Morgan fingerprint density at radius 2 is 2.08 bits per heavy atom. The van der Waals surface area contributed by atoms with E-state index in [1.165, 1.54) is 6.07 Å². The maximum absolute atomic E-state index is 13.8. The van der Waals surface area contributed by atoms with Gasteiger partial charge in [-0.15, -0.1) is 0 Å². The normalized spacial score (nSPS) is 14.2. The van der Waals surface area contributed by atoms with Gasteiger partial charge in [0.25, 0.3) is 5.91 Å². The van der Waals surface area contributed by atoms with Crippen LogP contribution in [0.4, 0.5) is 10.1 Å². The van der Waals surface area contributed by atoms with E-state index in [0.717, 1.165) is 24.2 Å². The molecular formula is C20H21FN4O. The van der Waals surface area contributed by atoms with E-state index in [0.29, 0.717) is 28.1 Å². The van der Waals surface area contributed by atoms with Crippen LogP contribution in [0.15, 0.2) is 30.5 Å². The van der Waals surface area contributed by atoms with Gasteiger partial charge in [0.2, 0.25) is 0 Å². The molecule has 0 bridgehead atoms. The molecule has 0 atom stereocenters. The summed E-state index contributed by atoms with van der Waals surface area (Å²) in [6.07, 6.45) is 3.88. The SMILES string of the molecule is Cc1ccc(NC(=O)c2cc(C3CC3)nc3c2cnn3C(C)C)cc1F. The number of anilines is 1. The maximum Gasteiger partial charge on any atom is 0.256 e. The van der Waals surface area contributed by atoms with Crippen molar-refractivity contribution in [1.82, 2.24) is 14.8 Å². The Morgan fingerprint density at radius 1 is 1.31 bits per heavy atom. The molecule has 0 aliphatic heterocycles. The second-order valence-corrected chi connectivity index (χ2v) is 7.21. The topological polar surface area (TPSA) is 59.8 Å². The monoisotopic (exact) mass is 352 g/mol. The Bertz CT molecular complexity index is 1000. The van der Waals surface area contributed by atoms with E-state index >= 15 is 0 Å². The highest BCUT2D eigenvalue weighted by molar-refractivity contribution is 6.12. The van der Waals surface area contributed by atoms with Crippen molar-refractivity contribution in [3.63, 3.8) is 0 Å². The number of benzene rings is 1. The van der Waals surface area contributed by atoms with E-state index in [1.807, 2.05) is 24.6 Å². The van der Waals surface area contributed by atoms with Crippen LogP contribution in [-0.4, -0.2) is 20.7 Å². The van der Waals surface area contributed by atoms with Crippen molar-refractivity contribution in [2.24, 2.45) is 0 Å². The molecule has 2 aromatic heterocycles. The predicted octanol–water partition coefficient (Wildman–Crippen LogP) is 4.59. The second kappa shape index (κ2) is 6.20. The third-order valence-electron chi connectivity index (χ3n) is 4.75. The zero-order valence-corrected chi connectivity index (χ0v) is 15.1. The van der Waals surface area contributed by atoms with Crippen molar-refractivity contribution in [1.29, 1.82) is 0 Å². The first-order valence-corrected chi connectivity index (χ1v) is 8.89. The highest BCUT2D eigenvalue weighted by Crippen LogP contribution is 2.40. The van der Waals surface area contributed by atoms with Crippen molar-refractivity contribution in [3.8, 4) is 0 Å². The van der Waals surface area contributed by atoms with Crippen LogP contribution < -0.4 is 5.32 Å². The van der Waals surface area contributed by atoms with E-state index in [1.54, 1.807) is 25.3 Å². The molecule has 5 nitrogen and oxygen atoms in total. The molecule has 4 rings (SSSR count).